The van der Waals surface area contributed by atoms with E-state index in [1.165, 1.54) is 0 Å². The van der Waals surface area contributed by atoms with E-state index in [4.69, 9.17) is 12.2 Å². The minimum atomic E-state index is -0.761. The van der Waals surface area contributed by atoms with Crippen LogP contribution in [0.25, 0.3) is 0 Å². The first kappa shape index (κ1) is 13.9. The summed E-state index contributed by atoms with van der Waals surface area (Å²) < 4.78 is 0. The van der Waals surface area contributed by atoms with Crippen LogP contribution in [0.1, 0.15) is 27.7 Å². The molecule has 0 aliphatic carbocycles. The summed E-state index contributed by atoms with van der Waals surface area (Å²) in [5.74, 6) is 1.00. The Labute approximate surface area is 107 Å². The van der Waals surface area contributed by atoms with Crippen LogP contribution in [-0.2, 0) is 4.79 Å². The van der Waals surface area contributed by atoms with Crippen molar-refractivity contribution in [3.63, 3.8) is 0 Å². The molecule has 2 unspecified atom stereocenters. The number of thiocarbonyl (C=S) groups is 1. The lowest BCUT2D eigenvalue weighted by Gasteiger charge is -2.32. The van der Waals surface area contributed by atoms with E-state index in [-0.39, 0.29) is 11.3 Å². The fraction of sp³-hybridized carbons (Fsp3) is 0.818. The molecule has 0 bridgehead atoms. The molecule has 0 radical (unpaired) electrons. The molecule has 1 rings (SSSR count). The van der Waals surface area contributed by atoms with Crippen molar-refractivity contribution < 1.29 is 9.90 Å². The molecule has 0 aromatic heterocycles. The van der Waals surface area contributed by atoms with E-state index in [2.05, 4.69) is 0 Å². The third-order valence-corrected chi connectivity index (χ3v) is 4.93. The van der Waals surface area contributed by atoms with E-state index in [1.807, 2.05) is 11.8 Å². The molecule has 3 nitrogen and oxygen atoms in total. The summed E-state index contributed by atoms with van der Waals surface area (Å²) in [5, 5.41) is 9.71. The lowest BCUT2D eigenvalue weighted by Crippen LogP contribution is -2.48. The van der Waals surface area contributed by atoms with Gasteiger partial charge >= 0.3 is 0 Å². The van der Waals surface area contributed by atoms with Crippen molar-refractivity contribution in [3.8, 4) is 0 Å². The largest absolute Gasteiger partial charge is 0.388 e. The molecule has 0 aromatic rings. The highest BCUT2D eigenvalue weighted by molar-refractivity contribution is 8.00. The average Bonchev–Trinajstić information content (AvgIpc) is 2.61. The number of nitrogens with zero attached hydrogens (tertiary/aromatic N) is 1. The molecular formula is C11H19NO2S2. The Morgan fingerprint density at radius 1 is 1.62 bits per heavy atom. The summed E-state index contributed by atoms with van der Waals surface area (Å²) in [6.07, 6.45) is -0.723. The molecule has 5 heteroatoms. The average molecular weight is 261 g/mol. The minimum Gasteiger partial charge on any atom is -0.388 e. The zero-order valence-electron chi connectivity index (χ0n) is 10.2. The van der Waals surface area contributed by atoms with Crippen molar-refractivity contribution in [2.45, 2.75) is 39.2 Å². The number of amides is 1. The van der Waals surface area contributed by atoms with Gasteiger partial charge in [-0.05, 0) is 27.7 Å². The number of rotatable bonds is 3. The van der Waals surface area contributed by atoms with Crippen molar-refractivity contribution in [1.82, 2.24) is 4.90 Å². The van der Waals surface area contributed by atoms with Gasteiger partial charge in [0.25, 0.3) is 0 Å². The van der Waals surface area contributed by atoms with E-state index < -0.39 is 11.5 Å². The molecule has 0 saturated carbocycles. The van der Waals surface area contributed by atoms with Gasteiger partial charge in [-0.15, -0.1) is 11.8 Å². The van der Waals surface area contributed by atoms with E-state index in [1.54, 1.807) is 32.5 Å². The number of carbonyl (C=O) groups excluding carboxylic acids is 1. The summed E-state index contributed by atoms with van der Waals surface area (Å²) in [5.41, 5.74) is -0.761. The molecule has 1 aliphatic rings. The lowest BCUT2D eigenvalue weighted by molar-refractivity contribution is -0.136. The number of carbonyl (C=O) groups is 1. The first-order valence-corrected chi connectivity index (χ1v) is 6.89. The van der Waals surface area contributed by atoms with E-state index in [0.29, 0.717) is 4.86 Å². The zero-order chi connectivity index (χ0) is 12.5. The van der Waals surface area contributed by atoms with Crippen LogP contribution in [0.15, 0.2) is 0 Å². The SMILES string of the molecule is CC(O)C(=S)C(C)(C)C(=O)N1CCSC1C. The summed E-state index contributed by atoms with van der Waals surface area (Å²) in [7, 11) is 0. The monoisotopic (exact) mass is 261 g/mol. The number of hydrogen-bond donors (Lipinski definition) is 1. The molecule has 1 heterocycles. The fourth-order valence-electron chi connectivity index (χ4n) is 1.85. The van der Waals surface area contributed by atoms with Crippen LogP contribution in [0.5, 0.6) is 0 Å². The van der Waals surface area contributed by atoms with Crippen LogP contribution in [0.4, 0.5) is 0 Å². The Hall–Kier alpha value is -0.130. The fourth-order valence-corrected chi connectivity index (χ4v) is 2.96. The van der Waals surface area contributed by atoms with Crippen LogP contribution in [-0.4, -0.2) is 44.6 Å². The summed E-state index contributed by atoms with van der Waals surface area (Å²) in [6.45, 7) is 7.99. The Balaban J connectivity index is 2.83. The van der Waals surface area contributed by atoms with Gasteiger partial charge in [-0.1, -0.05) is 12.2 Å². The highest BCUT2D eigenvalue weighted by atomic mass is 32.2. The van der Waals surface area contributed by atoms with Crippen molar-refractivity contribution in [1.29, 1.82) is 0 Å². The first-order valence-electron chi connectivity index (χ1n) is 5.43. The second kappa shape index (κ2) is 5.02. The van der Waals surface area contributed by atoms with Crippen LogP contribution in [0.2, 0.25) is 0 Å². The second-order valence-corrected chi connectivity index (χ2v) is 6.50. The first-order chi connectivity index (χ1) is 7.28. The Kier molecular flexibility index (Phi) is 4.37. The number of hydrogen-bond acceptors (Lipinski definition) is 4. The number of aliphatic hydroxyl groups excluding tert-OH is 1. The molecule has 1 amide bonds. The summed E-state index contributed by atoms with van der Waals surface area (Å²) in [6, 6.07) is 0. The maximum atomic E-state index is 12.3. The van der Waals surface area contributed by atoms with Crippen LogP contribution in [0, 0.1) is 5.41 Å². The van der Waals surface area contributed by atoms with Gasteiger partial charge in [0.05, 0.1) is 16.9 Å². The van der Waals surface area contributed by atoms with Gasteiger partial charge in [0.2, 0.25) is 5.91 Å². The van der Waals surface area contributed by atoms with Gasteiger partial charge < -0.3 is 10.0 Å². The van der Waals surface area contributed by atoms with E-state index in [9.17, 15) is 9.90 Å². The summed E-state index contributed by atoms with van der Waals surface area (Å²) in [4.78, 5) is 14.6. The van der Waals surface area contributed by atoms with Crippen molar-refractivity contribution in [2.75, 3.05) is 12.3 Å². The van der Waals surface area contributed by atoms with Gasteiger partial charge in [0.15, 0.2) is 0 Å². The maximum absolute atomic E-state index is 12.3. The molecular weight excluding hydrogens is 242 g/mol. The standard InChI is InChI=1S/C11H19NO2S2/c1-7(13)9(15)11(3,4)10(14)12-5-6-16-8(12)2/h7-8,13H,5-6H2,1-4H3. The molecule has 0 spiro atoms. The zero-order valence-corrected chi connectivity index (χ0v) is 11.8. The molecule has 0 aromatic carbocycles. The van der Waals surface area contributed by atoms with E-state index in [0.717, 1.165) is 12.3 Å². The van der Waals surface area contributed by atoms with Gasteiger partial charge in [0.1, 0.15) is 0 Å². The molecule has 92 valence electrons. The second-order valence-electron chi connectivity index (χ2n) is 4.63. The Morgan fingerprint density at radius 2 is 2.19 bits per heavy atom. The lowest BCUT2D eigenvalue weighted by atomic mass is 9.85. The minimum absolute atomic E-state index is 0.0240. The van der Waals surface area contributed by atoms with Gasteiger partial charge in [-0.25, -0.2) is 0 Å². The maximum Gasteiger partial charge on any atom is 0.234 e. The predicted octanol–water partition coefficient (Wildman–Crippen LogP) is 1.68. The predicted molar refractivity (Wildman–Crippen MR) is 71.7 cm³/mol. The van der Waals surface area contributed by atoms with Crippen LogP contribution in [0.3, 0.4) is 0 Å². The Bertz CT molecular complexity index is 302. The normalized spacial score (nSPS) is 23.3. The highest BCUT2D eigenvalue weighted by Gasteiger charge is 2.40. The van der Waals surface area contributed by atoms with Crippen molar-refractivity contribution >= 4 is 34.8 Å². The number of thioether (sulfide) groups is 1. The van der Waals surface area contributed by atoms with E-state index >= 15 is 0 Å². The quantitative estimate of drug-likeness (QED) is 0.785. The van der Waals surface area contributed by atoms with Crippen LogP contribution >= 0.6 is 24.0 Å². The van der Waals surface area contributed by atoms with Crippen LogP contribution < -0.4 is 0 Å². The van der Waals surface area contributed by atoms with Gasteiger partial charge in [-0.2, -0.15) is 0 Å². The highest BCUT2D eigenvalue weighted by Crippen LogP contribution is 2.30. The molecule has 1 N–H and O–H groups in total. The molecule has 1 aliphatic heterocycles. The molecule has 16 heavy (non-hydrogen) atoms. The smallest absolute Gasteiger partial charge is 0.234 e. The Morgan fingerprint density at radius 3 is 2.56 bits per heavy atom. The molecule has 1 fully saturated rings. The topological polar surface area (TPSA) is 40.5 Å². The summed E-state index contributed by atoms with van der Waals surface area (Å²) >= 11 is 6.93. The van der Waals surface area contributed by atoms with Crippen molar-refractivity contribution in [3.05, 3.63) is 0 Å². The third-order valence-electron chi connectivity index (χ3n) is 2.92. The van der Waals surface area contributed by atoms with Gasteiger partial charge in [0, 0.05) is 17.2 Å². The van der Waals surface area contributed by atoms with Gasteiger partial charge in [-0.3, -0.25) is 4.79 Å². The molecule has 2 atom stereocenters. The van der Waals surface area contributed by atoms with Crippen molar-refractivity contribution in [2.24, 2.45) is 5.41 Å². The number of aliphatic hydroxyl groups is 1. The third kappa shape index (κ3) is 2.57. The molecule has 1 saturated heterocycles.